The summed E-state index contributed by atoms with van der Waals surface area (Å²) in [4.78, 5) is 2.40. The molecule has 144 valence electrons. The van der Waals surface area contributed by atoms with Crippen LogP contribution in [0.2, 0.25) is 0 Å². The molecular formula is C21H21N3O4. The number of benzene rings is 2. The van der Waals surface area contributed by atoms with Gasteiger partial charge in [-0.25, -0.2) is 0 Å². The van der Waals surface area contributed by atoms with Crippen LogP contribution in [0.25, 0.3) is 11.5 Å². The molecule has 28 heavy (non-hydrogen) atoms. The second-order valence-electron chi connectivity index (χ2n) is 7.08. The summed E-state index contributed by atoms with van der Waals surface area (Å²) >= 11 is 0. The van der Waals surface area contributed by atoms with Gasteiger partial charge in [0.15, 0.2) is 11.5 Å². The van der Waals surface area contributed by atoms with E-state index < -0.39 is 0 Å². The molecule has 1 fully saturated rings. The Morgan fingerprint density at radius 1 is 1.07 bits per heavy atom. The lowest BCUT2D eigenvalue weighted by Crippen LogP contribution is -2.19. The van der Waals surface area contributed by atoms with Crippen molar-refractivity contribution in [3.8, 4) is 28.7 Å². The molecule has 0 spiro atoms. The Morgan fingerprint density at radius 3 is 2.79 bits per heavy atom. The van der Waals surface area contributed by atoms with Crippen LogP contribution in [0.4, 0.5) is 0 Å². The molecule has 2 aromatic carbocycles. The second-order valence-corrected chi connectivity index (χ2v) is 7.08. The van der Waals surface area contributed by atoms with E-state index in [9.17, 15) is 0 Å². The van der Waals surface area contributed by atoms with Crippen molar-refractivity contribution < 1.29 is 18.6 Å². The van der Waals surface area contributed by atoms with Gasteiger partial charge in [0.05, 0.1) is 13.0 Å². The third-order valence-corrected chi connectivity index (χ3v) is 5.24. The monoisotopic (exact) mass is 379 g/mol. The highest BCUT2D eigenvalue weighted by molar-refractivity contribution is 5.54. The molecule has 0 bridgehead atoms. The van der Waals surface area contributed by atoms with Gasteiger partial charge < -0.3 is 18.6 Å². The van der Waals surface area contributed by atoms with Gasteiger partial charge in [-0.1, -0.05) is 6.07 Å². The molecule has 2 aliphatic heterocycles. The van der Waals surface area contributed by atoms with Gasteiger partial charge in [0.1, 0.15) is 5.75 Å². The summed E-state index contributed by atoms with van der Waals surface area (Å²) < 4.78 is 22.0. The molecule has 7 heteroatoms. The van der Waals surface area contributed by atoms with Crippen molar-refractivity contribution in [1.82, 2.24) is 15.1 Å². The summed E-state index contributed by atoms with van der Waals surface area (Å²) in [5.74, 6) is 3.96. The number of hydrogen-bond donors (Lipinski definition) is 0. The standard InChI is InChI=1S/C21H21N3O4/c1-25-17-5-3-15(4-6-17)20-22-23-21(28-20)16-8-9-24(12-16)11-14-2-7-18-19(10-14)27-13-26-18/h2-7,10,16H,8-9,11-13H2,1H3. The molecule has 5 rings (SSSR count). The Hall–Kier alpha value is -3.06. The SMILES string of the molecule is COc1ccc(-c2nnc(C3CCN(Cc4ccc5c(c4)OCO5)C3)o2)cc1. The Morgan fingerprint density at radius 2 is 1.93 bits per heavy atom. The fourth-order valence-electron chi connectivity index (χ4n) is 3.73. The van der Waals surface area contributed by atoms with Crippen molar-refractivity contribution in [1.29, 1.82) is 0 Å². The maximum atomic E-state index is 5.96. The highest BCUT2D eigenvalue weighted by Crippen LogP contribution is 2.34. The summed E-state index contributed by atoms with van der Waals surface area (Å²) in [5.41, 5.74) is 2.11. The number of rotatable bonds is 5. The average molecular weight is 379 g/mol. The normalized spacial score (nSPS) is 18.5. The minimum Gasteiger partial charge on any atom is -0.497 e. The lowest BCUT2D eigenvalue weighted by Gasteiger charge is -2.15. The van der Waals surface area contributed by atoms with Crippen LogP contribution >= 0.6 is 0 Å². The van der Waals surface area contributed by atoms with Crippen LogP contribution in [0, 0.1) is 0 Å². The Labute approximate surface area is 162 Å². The zero-order valence-corrected chi connectivity index (χ0v) is 15.6. The summed E-state index contributed by atoms with van der Waals surface area (Å²) in [6.45, 7) is 3.07. The quantitative estimate of drug-likeness (QED) is 0.672. The minimum absolute atomic E-state index is 0.258. The molecule has 0 amide bonds. The summed E-state index contributed by atoms with van der Waals surface area (Å²) in [5, 5.41) is 8.52. The van der Waals surface area contributed by atoms with Crippen molar-refractivity contribution in [2.24, 2.45) is 0 Å². The largest absolute Gasteiger partial charge is 0.497 e. The molecule has 0 aliphatic carbocycles. The molecule has 3 heterocycles. The molecule has 1 atom stereocenters. The van der Waals surface area contributed by atoms with Crippen LogP contribution in [-0.2, 0) is 6.54 Å². The first kappa shape index (κ1) is 17.1. The average Bonchev–Trinajstić information content (AvgIpc) is 3.48. The van der Waals surface area contributed by atoms with Gasteiger partial charge in [-0.15, -0.1) is 10.2 Å². The van der Waals surface area contributed by atoms with E-state index >= 15 is 0 Å². The minimum atomic E-state index is 0.258. The van der Waals surface area contributed by atoms with E-state index in [0.717, 1.165) is 48.9 Å². The lowest BCUT2D eigenvalue weighted by molar-refractivity contribution is 0.174. The van der Waals surface area contributed by atoms with E-state index in [2.05, 4.69) is 27.2 Å². The van der Waals surface area contributed by atoms with Gasteiger partial charge >= 0.3 is 0 Å². The van der Waals surface area contributed by atoms with Crippen LogP contribution < -0.4 is 14.2 Å². The number of methoxy groups -OCH3 is 1. The van der Waals surface area contributed by atoms with E-state index in [1.54, 1.807) is 7.11 Å². The third-order valence-electron chi connectivity index (χ3n) is 5.24. The predicted octanol–water partition coefficient (Wildman–Crippen LogP) is 3.46. The summed E-state index contributed by atoms with van der Waals surface area (Å²) in [6, 6.07) is 13.8. The smallest absolute Gasteiger partial charge is 0.247 e. The molecule has 1 aromatic heterocycles. The zero-order valence-electron chi connectivity index (χ0n) is 15.6. The molecule has 0 saturated carbocycles. The predicted molar refractivity (Wildman–Crippen MR) is 101 cm³/mol. The van der Waals surface area contributed by atoms with E-state index in [0.29, 0.717) is 18.6 Å². The highest BCUT2D eigenvalue weighted by atomic mass is 16.7. The van der Waals surface area contributed by atoms with Crippen molar-refractivity contribution in [2.75, 3.05) is 27.0 Å². The number of hydrogen-bond acceptors (Lipinski definition) is 7. The van der Waals surface area contributed by atoms with E-state index in [-0.39, 0.29) is 5.92 Å². The van der Waals surface area contributed by atoms with Gasteiger partial charge in [0, 0.05) is 18.7 Å². The Balaban J connectivity index is 1.24. The fourth-order valence-corrected chi connectivity index (χ4v) is 3.73. The summed E-state index contributed by atoms with van der Waals surface area (Å²) in [7, 11) is 1.65. The van der Waals surface area contributed by atoms with Crippen LogP contribution in [0.3, 0.4) is 0 Å². The van der Waals surface area contributed by atoms with Crippen molar-refractivity contribution in [2.45, 2.75) is 18.9 Å². The van der Waals surface area contributed by atoms with E-state index in [1.165, 1.54) is 5.56 Å². The number of nitrogens with zero attached hydrogens (tertiary/aromatic N) is 3. The van der Waals surface area contributed by atoms with E-state index in [4.69, 9.17) is 18.6 Å². The molecule has 0 radical (unpaired) electrons. The number of aromatic nitrogens is 2. The highest BCUT2D eigenvalue weighted by Gasteiger charge is 2.28. The van der Waals surface area contributed by atoms with Crippen LogP contribution in [0.15, 0.2) is 46.9 Å². The maximum absolute atomic E-state index is 5.96. The molecule has 1 unspecified atom stereocenters. The molecule has 1 saturated heterocycles. The summed E-state index contributed by atoms with van der Waals surface area (Å²) in [6.07, 6.45) is 1.01. The number of likely N-dealkylation sites (tertiary alicyclic amines) is 1. The first-order chi connectivity index (χ1) is 13.8. The van der Waals surface area contributed by atoms with Crippen LogP contribution in [0.1, 0.15) is 23.8 Å². The topological polar surface area (TPSA) is 69.9 Å². The third kappa shape index (κ3) is 3.29. The van der Waals surface area contributed by atoms with Gasteiger partial charge in [0.2, 0.25) is 18.6 Å². The number of ether oxygens (including phenoxy) is 3. The van der Waals surface area contributed by atoms with Crippen molar-refractivity contribution in [3.63, 3.8) is 0 Å². The van der Waals surface area contributed by atoms with Crippen molar-refractivity contribution >= 4 is 0 Å². The van der Waals surface area contributed by atoms with Gasteiger partial charge in [-0.3, -0.25) is 4.90 Å². The van der Waals surface area contributed by atoms with Gasteiger partial charge in [-0.2, -0.15) is 0 Å². The molecule has 2 aliphatic rings. The Kier molecular flexibility index (Phi) is 4.37. The zero-order chi connectivity index (χ0) is 18.9. The first-order valence-electron chi connectivity index (χ1n) is 9.37. The molecule has 0 N–H and O–H groups in total. The van der Waals surface area contributed by atoms with E-state index in [1.807, 2.05) is 30.3 Å². The maximum Gasteiger partial charge on any atom is 0.247 e. The molecular weight excluding hydrogens is 358 g/mol. The van der Waals surface area contributed by atoms with Crippen molar-refractivity contribution in [3.05, 3.63) is 53.9 Å². The fraction of sp³-hybridized carbons (Fsp3) is 0.333. The van der Waals surface area contributed by atoms with Gasteiger partial charge in [-0.05, 0) is 54.9 Å². The number of fused-ring (bicyclic) bond motifs is 1. The van der Waals surface area contributed by atoms with Gasteiger partial charge in [0.25, 0.3) is 0 Å². The van der Waals surface area contributed by atoms with Crippen LogP contribution in [-0.4, -0.2) is 42.1 Å². The first-order valence-corrected chi connectivity index (χ1v) is 9.37. The second kappa shape index (κ2) is 7.16. The van der Waals surface area contributed by atoms with Crippen LogP contribution in [0.5, 0.6) is 17.2 Å². The molecule has 3 aromatic rings. The lowest BCUT2D eigenvalue weighted by atomic mass is 10.1. The Bertz CT molecular complexity index is 970. The molecule has 7 nitrogen and oxygen atoms in total.